The Bertz CT molecular complexity index is 3190. The third-order valence-electron chi connectivity index (χ3n) is 12.1. The number of nitrogens with zero attached hydrogens (tertiary/aromatic N) is 4. The first-order valence-electron chi connectivity index (χ1n) is 20.5. The molecule has 0 saturated heterocycles. The number of rotatable bonds is 7. The highest BCUT2D eigenvalue weighted by molar-refractivity contribution is 6.05. The normalized spacial score (nSPS) is 12.4. The minimum absolute atomic E-state index is 0.621. The summed E-state index contributed by atoms with van der Waals surface area (Å²) in [4.78, 5) is 15.3. The van der Waals surface area contributed by atoms with Gasteiger partial charge in [-0.05, 0) is 90.7 Å². The van der Waals surface area contributed by atoms with Crippen LogP contribution < -0.4 is 0 Å². The number of nitriles is 1. The summed E-state index contributed by atoms with van der Waals surface area (Å²) in [7, 11) is 0. The van der Waals surface area contributed by atoms with Crippen molar-refractivity contribution in [3.05, 3.63) is 246 Å². The lowest BCUT2D eigenvalue weighted by Crippen LogP contribution is -2.28. The van der Waals surface area contributed by atoms with Crippen LogP contribution in [0.2, 0.25) is 0 Å². The highest BCUT2D eigenvalue weighted by Crippen LogP contribution is 2.57. The summed E-state index contributed by atoms with van der Waals surface area (Å²) < 4.78 is 0. The molecule has 9 aromatic carbocycles. The van der Waals surface area contributed by atoms with Gasteiger partial charge in [0.1, 0.15) is 0 Å². The van der Waals surface area contributed by atoms with Gasteiger partial charge in [-0.15, -0.1) is 0 Å². The maximum absolute atomic E-state index is 9.45. The fourth-order valence-corrected chi connectivity index (χ4v) is 9.26. The van der Waals surface area contributed by atoms with Crippen molar-refractivity contribution in [2.24, 2.45) is 0 Å². The zero-order chi connectivity index (χ0) is 40.8. The highest BCUT2D eigenvalue weighted by Gasteiger charge is 2.46. The average Bonchev–Trinajstić information content (AvgIpc) is 3.64. The van der Waals surface area contributed by atoms with Crippen LogP contribution in [0.25, 0.3) is 78.3 Å². The van der Waals surface area contributed by atoms with Crippen LogP contribution in [-0.2, 0) is 5.41 Å². The molecule has 0 unspecified atom stereocenters. The van der Waals surface area contributed by atoms with Gasteiger partial charge in [0.25, 0.3) is 0 Å². The topological polar surface area (TPSA) is 62.5 Å². The highest BCUT2D eigenvalue weighted by atomic mass is 15.0. The lowest BCUT2D eigenvalue weighted by Gasteiger charge is -2.34. The number of fused-ring (bicyclic) bond motifs is 4. The number of benzene rings is 9. The van der Waals surface area contributed by atoms with E-state index in [-0.39, 0.29) is 0 Å². The van der Waals surface area contributed by atoms with Crippen LogP contribution in [0.15, 0.2) is 218 Å². The zero-order valence-electron chi connectivity index (χ0n) is 33.1. The van der Waals surface area contributed by atoms with Crippen molar-refractivity contribution >= 4 is 10.8 Å². The van der Waals surface area contributed by atoms with Gasteiger partial charge >= 0.3 is 0 Å². The van der Waals surface area contributed by atoms with Crippen molar-refractivity contribution in [1.29, 1.82) is 5.26 Å². The first kappa shape index (κ1) is 35.9. The fraction of sp³-hybridized carbons (Fsp3) is 0.0175. The zero-order valence-corrected chi connectivity index (χ0v) is 33.1. The van der Waals surface area contributed by atoms with Gasteiger partial charge in [0.05, 0.1) is 17.0 Å². The molecule has 0 bridgehead atoms. The summed E-state index contributed by atoms with van der Waals surface area (Å²) in [6, 6.07) is 79.0. The maximum atomic E-state index is 9.45. The second-order valence-corrected chi connectivity index (χ2v) is 15.4. The lowest BCUT2D eigenvalue weighted by atomic mass is 9.67. The van der Waals surface area contributed by atoms with Crippen LogP contribution >= 0.6 is 0 Å². The third-order valence-corrected chi connectivity index (χ3v) is 12.1. The van der Waals surface area contributed by atoms with Crippen LogP contribution in [0.3, 0.4) is 0 Å². The van der Waals surface area contributed by atoms with Crippen LogP contribution in [0, 0.1) is 11.3 Å². The molecular formula is C57H36N4. The van der Waals surface area contributed by atoms with Gasteiger partial charge in [0.2, 0.25) is 0 Å². The summed E-state index contributed by atoms with van der Waals surface area (Å²) >= 11 is 0. The molecule has 1 aromatic heterocycles. The quantitative estimate of drug-likeness (QED) is 0.162. The Balaban J connectivity index is 1.14. The van der Waals surface area contributed by atoms with Crippen molar-refractivity contribution in [3.63, 3.8) is 0 Å². The Morgan fingerprint density at radius 1 is 0.328 bits per heavy atom. The Hall–Kier alpha value is -8.26. The van der Waals surface area contributed by atoms with Crippen LogP contribution in [-0.4, -0.2) is 15.0 Å². The van der Waals surface area contributed by atoms with Crippen molar-refractivity contribution in [1.82, 2.24) is 15.0 Å². The SMILES string of the molecule is N#Cc1ccc(-c2ccc(-c3ccc4c(c3)C(c3ccccc3)(c3ccccc3)c3cc(-c5nc(-c6ccccc6)nc(-c6ccccc6)n5)ccc3-4)c3ccccc23)cc1. The minimum atomic E-state index is -0.658. The smallest absolute Gasteiger partial charge is 0.164 e. The fourth-order valence-electron chi connectivity index (χ4n) is 9.26. The van der Waals surface area contributed by atoms with Crippen molar-refractivity contribution in [2.45, 2.75) is 5.41 Å². The largest absolute Gasteiger partial charge is 0.208 e. The van der Waals surface area contributed by atoms with E-state index >= 15 is 0 Å². The van der Waals surface area contributed by atoms with Crippen LogP contribution in [0.5, 0.6) is 0 Å². The summed E-state index contributed by atoms with van der Waals surface area (Å²) in [6.07, 6.45) is 0. The number of aromatic nitrogens is 3. The van der Waals surface area contributed by atoms with E-state index in [1.54, 1.807) is 0 Å². The van der Waals surface area contributed by atoms with E-state index in [9.17, 15) is 5.26 Å². The van der Waals surface area contributed by atoms with Crippen LogP contribution in [0.1, 0.15) is 27.8 Å². The predicted molar refractivity (Wildman–Crippen MR) is 247 cm³/mol. The number of hydrogen-bond donors (Lipinski definition) is 0. The van der Waals surface area contributed by atoms with Gasteiger partial charge in [-0.1, -0.05) is 194 Å². The van der Waals surface area contributed by atoms with Gasteiger partial charge in [-0.25, -0.2) is 15.0 Å². The Morgan fingerprint density at radius 3 is 1.20 bits per heavy atom. The molecule has 1 heterocycles. The molecule has 1 aliphatic rings. The lowest BCUT2D eigenvalue weighted by molar-refractivity contribution is 0.769. The molecule has 10 aromatic rings. The molecule has 0 radical (unpaired) electrons. The van der Waals surface area contributed by atoms with Gasteiger partial charge in [0, 0.05) is 16.7 Å². The Labute approximate surface area is 354 Å². The standard InChI is InChI=1S/C57H36N4/c58-37-38-25-27-39(28-26-38)46-33-34-47(49-24-14-13-23-48(46)49)42-29-31-50-51-32-30-43(56-60-54(40-15-5-1-6-16-40)59-55(61-56)41-17-7-2-8-18-41)36-53(51)57(52(50)35-42,44-19-9-3-10-20-44)45-21-11-4-12-22-45/h1-36H. The van der Waals surface area contributed by atoms with E-state index in [2.05, 4.69) is 140 Å². The first-order chi connectivity index (χ1) is 30.2. The molecule has 0 aliphatic heterocycles. The second kappa shape index (κ2) is 14.8. The monoisotopic (exact) mass is 776 g/mol. The van der Waals surface area contributed by atoms with E-state index in [1.165, 1.54) is 38.8 Å². The maximum Gasteiger partial charge on any atom is 0.164 e. The molecule has 61 heavy (non-hydrogen) atoms. The van der Waals surface area contributed by atoms with E-state index in [4.69, 9.17) is 15.0 Å². The first-order valence-corrected chi connectivity index (χ1v) is 20.5. The van der Waals surface area contributed by atoms with Crippen molar-refractivity contribution in [3.8, 4) is 73.6 Å². The minimum Gasteiger partial charge on any atom is -0.208 e. The molecule has 0 amide bonds. The number of hydrogen-bond acceptors (Lipinski definition) is 4. The molecular weight excluding hydrogens is 741 g/mol. The van der Waals surface area contributed by atoms with Crippen LogP contribution in [0.4, 0.5) is 0 Å². The van der Waals surface area contributed by atoms with Gasteiger partial charge in [-0.3, -0.25) is 0 Å². The molecule has 11 rings (SSSR count). The van der Waals surface area contributed by atoms with E-state index in [1.807, 2.05) is 84.9 Å². The van der Waals surface area contributed by atoms with E-state index in [0.29, 0.717) is 23.0 Å². The predicted octanol–water partition coefficient (Wildman–Crippen LogP) is 13.6. The Kier molecular flexibility index (Phi) is 8.73. The van der Waals surface area contributed by atoms with Gasteiger partial charge in [-0.2, -0.15) is 5.26 Å². The summed E-state index contributed by atoms with van der Waals surface area (Å²) in [5.74, 6) is 1.89. The summed E-state index contributed by atoms with van der Waals surface area (Å²) in [5.41, 5.74) is 14.4. The molecule has 284 valence electrons. The van der Waals surface area contributed by atoms with Crippen molar-refractivity contribution in [2.75, 3.05) is 0 Å². The third kappa shape index (κ3) is 6.03. The van der Waals surface area contributed by atoms with Gasteiger partial charge < -0.3 is 0 Å². The molecule has 0 spiro atoms. The van der Waals surface area contributed by atoms with E-state index < -0.39 is 5.41 Å². The van der Waals surface area contributed by atoms with Crippen molar-refractivity contribution < 1.29 is 0 Å². The molecule has 0 atom stereocenters. The molecule has 4 nitrogen and oxygen atoms in total. The molecule has 0 fully saturated rings. The second-order valence-electron chi connectivity index (χ2n) is 15.4. The summed E-state index contributed by atoms with van der Waals surface area (Å²) in [5, 5.41) is 11.8. The average molecular weight is 777 g/mol. The molecule has 1 aliphatic carbocycles. The molecule has 0 saturated carbocycles. The molecule has 0 N–H and O–H groups in total. The Morgan fingerprint density at radius 2 is 0.705 bits per heavy atom. The molecule has 4 heteroatoms. The van der Waals surface area contributed by atoms with Gasteiger partial charge in [0.15, 0.2) is 17.5 Å². The van der Waals surface area contributed by atoms with E-state index in [0.717, 1.165) is 44.3 Å². The summed E-state index contributed by atoms with van der Waals surface area (Å²) in [6.45, 7) is 0.